The Kier molecular flexibility index (Phi) is 5.46. The molecule has 4 nitrogen and oxygen atoms in total. The molecule has 2 rings (SSSR count). The molecule has 1 unspecified atom stereocenters. The van der Waals surface area contributed by atoms with Gasteiger partial charge in [-0.05, 0) is 49.9 Å². The first-order valence-corrected chi connectivity index (χ1v) is 9.97. The molecule has 1 atom stereocenters. The van der Waals surface area contributed by atoms with Crippen molar-refractivity contribution in [2.75, 3.05) is 13.1 Å². The number of hydrogen-bond acceptors (Lipinski definition) is 4. The minimum Gasteiger partial charge on any atom is -0.317 e. The molecule has 0 aliphatic heterocycles. The maximum atomic E-state index is 12.5. The normalized spacial score (nSPS) is 21.8. The average Bonchev–Trinajstić information content (AvgIpc) is 2.98. The molecule has 2 N–H and O–H groups in total. The summed E-state index contributed by atoms with van der Waals surface area (Å²) in [7, 11) is -3.38. The lowest BCUT2D eigenvalue weighted by atomic mass is 9.88. The van der Waals surface area contributed by atoms with Crippen LogP contribution in [0.3, 0.4) is 0 Å². The molecule has 1 aromatic heterocycles. The van der Waals surface area contributed by atoms with E-state index in [9.17, 15) is 8.42 Å². The van der Waals surface area contributed by atoms with Crippen LogP contribution in [0.15, 0.2) is 16.3 Å². The van der Waals surface area contributed by atoms with Gasteiger partial charge in [0.2, 0.25) is 10.0 Å². The molecule has 0 bridgehead atoms. The van der Waals surface area contributed by atoms with Crippen molar-refractivity contribution < 1.29 is 8.42 Å². The van der Waals surface area contributed by atoms with E-state index in [1.165, 1.54) is 11.3 Å². The monoisotopic (exact) mass is 330 g/mol. The summed E-state index contributed by atoms with van der Waals surface area (Å²) in [5.41, 5.74) is 0.0538. The molecular formula is C15H26N2O2S2. The summed E-state index contributed by atoms with van der Waals surface area (Å²) >= 11 is 1.38. The highest BCUT2D eigenvalue weighted by molar-refractivity contribution is 7.91. The van der Waals surface area contributed by atoms with E-state index in [0.29, 0.717) is 4.21 Å². The minimum absolute atomic E-state index is 0.0507. The average molecular weight is 331 g/mol. The van der Waals surface area contributed by atoms with Crippen LogP contribution in [0.2, 0.25) is 0 Å². The van der Waals surface area contributed by atoms with Gasteiger partial charge < -0.3 is 5.32 Å². The predicted octanol–water partition coefficient (Wildman–Crippen LogP) is 2.76. The number of rotatable bonds is 7. The molecule has 1 aliphatic rings. The molecule has 1 fully saturated rings. The van der Waals surface area contributed by atoms with Crippen molar-refractivity contribution in [3.05, 3.63) is 17.0 Å². The number of hydrogen-bond donors (Lipinski definition) is 2. The summed E-state index contributed by atoms with van der Waals surface area (Å²) in [5.74, 6) is 0. The van der Waals surface area contributed by atoms with Crippen LogP contribution >= 0.6 is 11.3 Å². The van der Waals surface area contributed by atoms with E-state index in [4.69, 9.17) is 0 Å². The molecule has 6 heteroatoms. The Bertz CT molecular complexity index is 564. The van der Waals surface area contributed by atoms with Crippen LogP contribution in [0.1, 0.15) is 44.9 Å². The number of sulfonamides is 1. The van der Waals surface area contributed by atoms with Crippen LogP contribution in [0.4, 0.5) is 0 Å². The second-order valence-electron chi connectivity index (χ2n) is 6.38. The molecule has 21 heavy (non-hydrogen) atoms. The Balaban J connectivity index is 2.02. The number of nitrogens with one attached hydrogen (secondary N) is 2. The first-order valence-electron chi connectivity index (χ1n) is 7.67. The van der Waals surface area contributed by atoms with E-state index in [0.717, 1.165) is 43.6 Å². The lowest BCUT2D eigenvalue weighted by Gasteiger charge is -2.27. The lowest BCUT2D eigenvalue weighted by Crippen LogP contribution is -2.41. The first-order chi connectivity index (χ1) is 9.85. The fourth-order valence-corrected chi connectivity index (χ4v) is 5.63. The summed E-state index contributed by atoms with van der Waals surface area (Å²) in [6, 6.07) is 3.71. The third-order valence-corrected chi connectivity index (χ3v) is 7.36. The fraction of sp³-hybridized carbons (Fsp3) is 0.733. The van der Waals surface area contributed by atoms with Crippen LogP contribution < -0.4 is 10.0 Å². The molecule has 1 heterocycles. The highest BCUT2D eigenvalue weighted by atomic mass is 32.2. The Hall–Kier alpha value is -0.430. The molecule has 1 aromatic rings. The van der Waals surface area contributed by atoms with Crippen molar-refractivity contribution in [2.24, 2.45) is 5.41 Å². The quantitative estimate of drug-likeness (QED) is 0.756. The lowest BCUT2D eigenvalue weighted by molar-refractivity contribution is 0.313. The van der Waals surface area contributed by atoms with Gasteiger partial charge in [-0.15, -0.1) is 11.3 Å². The maximum absolute atomic E-state index is 12.5. The predicted molar refractivity (Wildman–Crippen MR) is 88.3 cm³/mol. The summed E-state index contributed by atoms with van der Waals surface area (Å²) in [5, 5.41) is 3.26. The Morgan fingerprint density at radius 1 is 1.38 bits per heavy atom. The molecule has 0 amide bonds. The third kappa shape index (κ3) is 4.28. The van der Waals surface area contributed by atoms with Gasteiger partial charge >= 0.3 is 0 Å². The summed E-state index contributed by atoms with van der Waals surface area (Å²) in [6.07, 6.45) is 3.99. The Morgan fingerprint density at radius 3 is 2.76 bits per heavy atom. The van der Waals surface area contributed by atoms with Crippen LogP contribution in [0.5, 0.6) is 0 Å². The minimum atomic E-state index is -3.38. The van der Waals surface area contributed by atoms with Crippen molar-refractivity contribution in [3.63, 3.8) is 0 Å². The topological polar surface area (TPSA) is 58.2 Å². The SMILES string of the molecule is CCNCCc1ccc(S(=O)(=O)NC2CCCC2(C)C)s1. The zero-order chi connectivity index (χ0) is 15.5. The third-order valence-electron chi connectivity index (χ3n) is 4.25. The highest BCUT2D eigenvalue weighted by Crippen LogP contribution is 2.38. The van der Waals surface area contributed by atoms with Gasteiger partial charge in [0, 0.05) is 10.9 Å². The van der Waals surface area contributed by atoms with E-state index in [1.807, 2.05) is 6.07 Å². The van der Waals surface area contributed by atoms with Gasteiger partial charge in [0.05, 0.1) is 0 Å². The molecule has 1 saturated carbocycles. The van der Waals surface area contributed by atoms with E-state index < -0.39 is 10.0 Å². The summed E-state index contributed by atoms with van der Waals surface area (Å²) < 4.78 is 28.4. The van der Waals surface area contributed by atoms with Crippen molar-refractivity contribution in [3.8, 4) is 0 Å². The second kappa shape index (κ2) is 6.77. The molecule has 0 aromatic carbocycles. The second-order valence-corrected chi connectivity index (χ2v) is 9.49. The first kappa shape index (κ1) is 16.9. The Labute approximate surface area is 132 Å². The van der Waals surface area contributed by atoms with Crippen LogP contribution in [0.25, 0.3) is 0 Å². The Morgan fingerprint density at radius 2 is 2.14 bits per heavy atom. The van der Waals surface area contributed by atoms with E-state index in [-0.39, 0.29) is 11.5 Å². The molecular weight excluding hydrogens is 304 g/mol. The van der Waals surface area contributed by atoms with Gasteiger partial charge in [-0.3, -0.25) is 0 Å². The fourth-order valence-electron chi connectivity index (χ4n) is 2.82. The molecule has 1 aliphatic carbocycles. The van der Waals surface area contributed by atoms with Crippen LogP contribution in [0, 0.1) is 5.41 Å². The van der Waals surface area contributed by atoms with Gasteiger partial charge in [0.15, 0.2) is 0 Å². The van der Waals surface area contributed by atoms with E-state index in [2.05, 4.69) is 30.8 Å². The molecule has 0 saturated heterocycles. The zero-order valence-corrected chi connectivity index (χ0v) is 14.7. The van der Waals surface area contributed by atoms with Crippen molar-refractivity contribution >= 4 is 21.4 Å². The number of thiophene rings is 1. The maximum Gasteiger partial charge on any atom is 0.250 e. The van der Waals surface area contributed by atoms with Crippen molar-refractivity contribution in [2.45, 2.75) is 56.7 Å². The smallest absolute Gasteiger partial charge is 0.250 e. The number of likely N-dealkylation sites (N-methyl/N-ethyl adjacent to an activating group) is 1. The summed E-state index contributed by atoms with van der Waals surface area (Å²) in [6.45, 7) is 8.18. The van der Waals surface area contributed by atoms with Crippen LogP contribution in [-0.2, 0) is 16.4 Å². The molecule has 0 spiro atoms. The van der Waals surface area contributed by atoms with Crippen molar-refractivity contribution in [1.82, 2.24) is 10.0 Å². The standard InChI is InChI=1S/C15H26N2O2S2/c1-4-16-11-9-12-7-8-14(20-12)21(18,19)17-13-6-5-10-15(13,2)3/h7-8,13,16-17H,4-6,9-11H2,1-3H3. The van der Waals surface area contributed by atoms with Crippen LogP contribution in [-0.4, -0.2) is 27.5 Å². The molecule has 120 valence electrons. The largest absolute Gasteiger partial charge is 0.317 e. The van der Waals surface area contributed by atoms with Gasteiger partial charge in [-0.1, -0.05) is 27.2 Å². The van der Waals surface area contributed by atoms with Gasteiger partial charge in [-0.2, -0.15) is 0 Å². The molecule has 0 radical (unpaired) electrons. The van der Waals surface area contributed by atoms with E-state index in [1.54, 1.807) is 6.07 Å². The van der Waals surface area contributed by atoms with Crippen molar-refractivity contribution in [1.29, 1.82) is 0 Å². The van der Waals surface area contributed by atoms with Gasteiger partial charge in [0.25, 0.3) is 0 Å². The van der Waals surface area contributed by atoms with Gasteiger partial charge in [0.1, 0.15) is 4.21 Å². The summed E-state index contributed by atoms with van der Waals surface area (Å²) in [4.78, 5) is 1.11. The van der Waals surface area contributed by atoms with E-state index >= 15 is 0 Å². The van der Waals surface area contributed by atoms with Gasteiger partial charge in [-0.25, -0.2) is 13.1 Å². The highest BCUT2D eigenvalue weighted by Gasteiger charge is 2.37. The zero-order valence-electron chi connectivity index (χ0n) is 13.1.